The van der Waals surface area contributed by atoms with E-state index in [0.717, 1.165) is 43.2 Å². The number of methoxy groups -OCH3 is 1. The van der Waals surface area contributed by atoms with Gasteiger partial charge in [-0.1, -0.05) is 0 Å². The molecule has 1 fully saturated rings. The Morgan fingerprint density at radius 2 is 2.16 bits per heavy atom. The Labute approximate surface area is 113 Å². The van der Waals surface area contributed by atoms with E-state index in [4.69, 9.17) is 4.74 Å². The normalized spacial score (nSPS) is 16.1. The maximum absolute atomic E-state index is 11.9. The first-order valence-corrected chi connectivity index (χ1v) is 6.56. The van der Waals surface area contributed by atoms with Crippen LogP contribution < -0.4 is 15.4 Å². The molecule has 0 atom stereocenters. The van der Waals surface area contributed by atoms with E-state index in [-0.39, 0.29) is 5.91 Å². The Bertz CT molecular complexity index is 442. The lowest BCUT2D eigenvalue weighted by molar-refractivity contribution is -0.117. The first-order chi connectivity index (χ1) is 9.19. The standard InChI is InChI=1S/C14H21N3O2/c1-11-9-12(3-4-13(11)19-2)16-14(18)10-17-7-5-15-6-8-17/h3-4,9,15H,5-8,10H2,1-2H3,(H,16,18). The van der Waals surface area contributed by atoms with Gasteiger partial charge in [-0.15, -0.1) is 0 Å². The molecule has 1 aromatic rings. The van der Waals surface area contributed by atoms with Crippen molar-refractivity contribution in [1.82, 2.24) is 10.2 Å². The van der Waals surface area contributed by atoms with Gasteiger partial charge in [-0.25, -0.2) is 0 Å². The van der Waals surface area contributed by atoms with Crippen LogP contribution in [0, 0.1) is 6.92 Å². The highest BCUT2D eigenvalue weighted by atomic mass is 16.5. The number of benzene rings is 1. The maximum atomic E-state index is 11.9. The van der Waals surface area contributed by atoms with Crippen molar-refractivity contribution in [2.45, 2.75) is 6.92 Å². The summed E-state index contributed by atoms with van der Waals surface area (Å²) in [4.78, 5) is 14.1. The summed E-state index contributed by atoms with van der Waals surface area (Å²) in [6.45, 7) is 6.17. The molecule has 1 aromatic carbocycles. The quantitative estimate of drug-likeness (QED) is 0.845. The minimum Gasteiger partial charge on any atom is -0.496 e. The molecule has 0 unspecified atom stereocenters. The van der Waals surface area contributed by atoms with Crippen LogP contribution in [0.1, 0.15) is 5.56 Å². The number of hydrogen-bond acceptors (Lipinski definition) is 4. The van der Waals surface area contributed by atoms with Gasteiger partial charge >= 0.3 is 0 Å². The monoisotopic (exact) mass is 263 g/mol. The fourth-order valence-electron chi connectivity index (χ4n) is 2.23. The first-order valence-electron chi connectivity index (χ1n) is 6.56. The third kappa shape index (κ3) is 3.94. The smallest absolute Gasteiger partial charge is 0.238 e. The fraction of sp³-hybridized carbons (Fsp3) is 0.500. The molecule has 104 valence electrons. The van der Waals surface area contributed by atoms with Crippen LogP contribution in [0.5, 0.6) is 5.75 Å². The predicted molar refractivity (Wildman–Crippen MR) is 75.7 cm³/mol. The summed E-state index contributed by atoms with van der Waals surface area (Å²) in [5, 5.41) is 6.20. The molecule has 0 aromatic heterocycles. The maximum Gasteiger partial charge on any atom is 0.238 e. The van der Waals surface area contributed by atoms with Gasteiger partial charge in [0.15, 0.2) is 0 Å². The van der Waals surface area contributed by atoms with Gasteiger partial charge in [-0.2, -0.15) is 0 Å². The van der Waals surface area contributed by atoms with Gasteiger partial charge in [-0.3, -0.25) is 9.69 Å². The average Bonchev–Trinajstić information content (AvgIpc) is 2.40. The lowest BCUT2D eigenvalue weighted by atomic mass is 10.2. The number of hydrogen-bond donors (Lipinski definition) is 2. The van der Waals surface area contributed by atoms with Crippen LogP contribution in [-0.2, 0) is 4.79 Å². The molecule has 0 spiro atoms. The van der Waals surface area contributed by atoms with Crippen LogP contribution in [-0.4, -0.2) is 50.6 Å². The van der Waals surface area contributed by atoms with Crippen molar-refractivity contribution in [2.75, 3.05) is 45.2 Å². The molecule has 19 heavy (non-hydrogen) atoms. The Balaban J connectivity index is 1.89. The number of amides is 1. The number of ether oxygens (including phenoxy) is 1. The highest BCUT2D eigenvalue weighted by molar-refractivity contribution is 5.92. The van der Waals surface area contributed by atoms with Crippen LogP contribution in [0.25, 0.3) is 0 Å². The Kier molecular flexibility index (Phi) is 4.76. The molecule has 0 saturated carbocycles. The zero-order valence-electron chi connectivity index (χ0n) is 11.5. The lowest BCUT2D eigenvalue weighted by Gasteiger charge is -2.26. The Morgan fingerprint density at radius 3 is 2.79 bits per heavy atom. The van der Waals surface area contributed by atoms with Crippen molar-refractivity contribution in [3.63, 3.8) is 0 Å². The van der Waals surface area contributed by atoms with E-state index in [1.54, 1.807) is 7.11 Å². The van der Waals surface area contributed by atoms with Gasteiger partial charge in [0.05, 0.1) is 13.7 Å². The molecule has 2 rings (SSSR count). The van der Waals surface area contributed by atoms with Gasteiger partial charge in [0, 0.05) is 31.9 Å². The zero-order chi connectivity index (χ0) is 13.7. The molecule has 5 heteroatoms. The molecule has 0 radical (unpaired) electrons. The Hall–Kier alpha value is -1.59. The second-order valence-corrected chi connectivity index (χ2v) is 4.76. The molecule has 1 aliphatic rings. The third-order valence-electron chi connectivity index (χ3n) is 3.26. The summed E-state index contributed by atoms with van der Waals surface area (Å²) in [6, 6.07) is 5.66. The van der Waals surface area contributed by atoms with Crippen LogP contribution in [0.3, 0.4) is 0 Å². The second kappa shape index (κ2) is 6.54. The summed E-state index contributed by atoms with van der Waals surface area (Å²) < 4.78 is 5.20. The van der Waals surface area contributed by atoms with Crippen molar-refractivity contribution < 1.29 is 9.53 Å². The molecule has 1 aliphatic heterocycles. The summed E-state index contributed by atoms with van der Waals surface area (Å²) in [5.74, 6) is 0.867. The van der Waals surface area contributed by atoms with E-state index in [1.165, 1.54) is 0 Å². The average molecular weight is 263 g/mol. The van der Waals surface area contributed by atoms with Crippen LogP contribution in [0.15, 0.2) is 18.2 Å². The van der Waals surface area contributed by atoms with Crippen molar-refractivity contribution in [2.24, 2.45) is 0 Å². The molecule has 1 saturated heterocycles. The summed E-state index contributed by atoms with van der Waals surface area (Å²) in [7, 11) is 1.64. The van der Waals surface area contributed by atoms with Gasteiger partial charge in [0.2, 0.25) is 5.91 Å². The second-order valence-electron chi connectivity index (χ2n) is 4.76. The van der Waals surface area contributed by atoms with Gasteiger partial charge in [-0.05, 0) is 30.7 Å². The van der Waals surface area contributed by atoms with Crippen LogP contribution >= 0.6 is 0 Å². The van der Waals surface area contributed by atoms with Crippen LogP contribution in [0.2, 0.25) is 0 Å². The van der Waals surface area contributed by atoms with E-state index in [0.29, 0.717) is 6.54 Å². The fourth-order valence-corrected chi connectivity index (χ4v) is 2.23. The SMILES string of the molecule is COc1ccc(NC(=O)CN2CCNCC2)cc1C. The molecule has 1 amide bonds. The van der Waals surface area contributed by atoms with Crippen molar-refractivity contribution in [3.05, 3.63) is 23.8 Å². The number of aryl methyl sites for hydroxylation is 1. The summed E-state index contributed by atoms with van der Waals surface area (Å²) in [6.07, 6.45) is 0. The summed E-state index contributed by atoms with van der Waals surface area (Å²) >= 11 is 0. The number of nitrogens with one attached hydrogen (secondary N) is 2. The minimum absolute atomic E-state index is 0.0338. The van der Waals surface area contributed by atoms with Crippen molar-refractivity contribution in [3.8, 4) is 5.75 Å². The van der Waals surface area contributed by atoms with E-state index in [1.807, 2.05) is 25.1 Å². The Morgan fingerprint density at radius 1 is 1.42 bits per heavy atom. The molecule has 2 N–H and O–H groups in total. The largest absolute Gasteiger partial charge is 0.496 e. The minimum atomic E-state index is 0.0338. The van der Waals surface area contributed by atoms with E-state index in [9.17, 15) is 4.79 Å². The number of nitrogens with zero attached hydrogens (tertiary/aromatic N) is 1. The van der Waals surface area contributed by atoms with Gasteiger partial charge in [0.1, 0.15) is 5.75 Å². The van der Waals surface area contributed by atoms with E-state index >= 15 is 0 Å². The number of piperazine rings is 1. The van der Waals surface area contributed by atoms with E-state index < -0.39 is 0 Å². The topological polar surface area (TPSA) is 53.6 Å². The van der Waals surface area contributed by atoms with E-state index in [2.05, 4.69) is 15.5 Å². The van der Waals surface area contributed by atoms with Crippen molar-refractivity contribution >= 4 is 11.6 Å². The molecule has 1 heterocycles. The number of rotatable bonds is 4. The highest BCUT2D eigenvalue weighted by Gasteiger charge is 2.13. The molecule has 0 bridgehead atoms. The number of carbonyl (C=O) groups excluding carboxylic acids is 1. The van der Waals surface area contributed by atoms with Crippen molar-refractivity contribution in [1.29, 1.82) is 0 Å². The van der Waals surface area contributed by atoms with Gasteiger partial charge < -0.3 is 15.4 Å². The molecule has 5 nitrogen and oxygen atoms in total. The predicted octanol–water partition coefficient (Wildman–Crippen LogP) is 0.847. The molecule has 0 aliphatic carbocycles. The van der Waals surface area contributed by atoms with Gasteiger partial charge in [0.25, 0.3) is 0 Å². The number of carbonyl (C=O) groups is 1. The molecular weight excluding hydrogens is 242 g/mol. The lowest BCUT2D eigenvalue weighted by Crippen LogP contribution is -2.46. The summed E-state index contributed by atoms with van der Waals surface area (Å²) in [5.41, 5.74) is 1.83. The highest BCUT2D eigenvalue weighted by Crippen LogP contribution is 2.21. The first kappa shape index (κ1) is 13.8. The number of anilines is 1. The molecular formula is C14H21N3O2. The third-order valence-corrected chi connectivity index (χ3v) is 3.26. The van der Waals surface area contributed by atoms with Crippen LogP contribution in [0.4, 0.5) is 5.69 Å². The zero-order valence-corrected chi connectivity index (χ0v) is 11.5.